The molecular formula is C25H35N3O3. The third-order valence-electron chi connectivity index (χ3n) is 7.72. The van der Waals surface area contributed by atoms with Crippen molar-refractivity contribution >= 4 is 17.7 Å². The molecule has 4 rings (SSSR count). The van der Waals surface area contributed by atoms with Crippen LogP contribution < -0.4 is 5.32 Å². The molecule has 0 radical (unpaired) electrons. The fourth-order valence-corrected chi connectivity index (χ4v) is 5.68. The molecule has 31 heavy (non-hydrogen) atoms. The molecule has 2 atom stereocenters. The Labute approximate surface area is 185 Å². The quantitative estimate of drug-likeness (QED) is 0.409. The molecule has 3 amide bonds. The Morgan fingerprint density at radius 1 is 1.19 bits per heavy atom. The zero-order valence-corrected chi connectivity index (χ0v) is 19.1. The highest BCUT2D eigenvalue weighted by Crippen LogP contribution is 2.38. The maximum Gasteiger partial charge on any atom is 0.325 e. The number of urea groups is 1. The van der Waals surface area contributed by atoms with Gasteiger partial charge in [-0.05, 0) is 70.8 Å². The fourth-order valence-electron chi connectivity index (χ4n) is 5.68. The molecule has 1 aromatic heterocycles. The molecule has 6 nitrogen and oxygen atoms in total. The highest BCUT2D eigenvalue weighted by molar-refractivity contribution is 6.11. The molecule has 1 aliphatic heterocycles. The third-order valence-corrected chi connectivity index (χ3v) is 7.72. The lowest BCUT2D eigenvalue weighted by atomic mass is 9.73. The molecular weight excluding hydrogens is 390 g/mol. The Bertz CT molecular complexity index is 929. The van der Waals surface area contributed by atoms with Crippen LogP contribution in [0.15, 0.2) is 17.7 Å². The van der Waals surface area contributed by atoms with Crippen LogP contribution in [-0.4, -0.2) is 39.3 Å². The predicted molar refractivity (Wildman–Crippen MR) is 120 cm³/mol. The zero-order chi connectivity index (χ0) is 22.2. The smallest absolute Gasteiger partial charge is 0.325 e. The van der Waals surface area contributed by atoms with E-state index in [1.54, 1.807) is 0 Å². The van der Waals surface area contributed by atoms with Gasteiger partial charge in [0.05, 0.1) is 6.54 Å². The number of carbonyl (C=O) groups excluding carboxylic acids is 3. The number of aryl methyl sites for hydroxylation is 1. The number of rotatable bonds is 6. The molecule has 3 aliphatic rings. The van der Waals surface area contributed by atoms with E-state index in [-0.39, 0.29) is 24.2 Å². The summed E-state index contributed by atoms with van der Waals surface area (Å²) in [4.78, 5) is 40.1. The number of allylic oxidation sites excluding steroid dienone is 2. The maximum atomic E-state index is 13.2. The number of Topliss-reactive ketones (excluding diaryl/α,β-unsaturated/α-hetero) is 1. The standard InChI is InChI=1S/C25H35N3O3/c1-17-9-7-8-13-25(17)23(30)28(24(31)26-25)16-22(29)21-15-18(2)27(19(21)3)14-12-20-10-5-4-6-11-20/h10,15,17H,4-9,11-14,16H2,1-3H3,(H,26,31)/t17-,25+/m0/s1. The van der Waals surface area contributed by atoms with Gasteiger partial charge >= 0.3 is 6.03 Å². The van der Waals surface area contributed by atoms with Crippen LogP contribution in [0.25, 0.3) is 0 Å². The highest BCUT2D eigenvalue weighted by atomic mass is 16.2. The molecule has 1 saturated carbocycles. The minimum atomic E-state index is -0.819. The summed E-state index contributed by atoms with van der Waals surface area (Å²) in [6.07, 6.45) is 11.9. The SMILES string of the molecule is Cc1cc(C(=O)CN2C(=O)N[C@@]3(CCCC[C@@H]3C)C2=O)c(C)n1CCC1=CCCCC1. The molecule has 168 valence electrons. The number of nitrogens with zero attached hydrogens (tertiary/aromatic N) is 2. The summed E-state index contributed by atoms with van der Waals surface area (Å²) >= 11 is 0. The van der Waals surface area contributed by atoms with Gasteiger partial charge in [0, 0.05) is 23.5 Å². The molecule has 0 bridgehead atoms. The van der Waals surface area contributed by atoms with Gasteiger partial charge in [-0.25, -0.2) is 4.79 Å². The van der Waals surface area contributed by atoms with Gasteiger partial charge in [-0.1, -0.05) is 31.4 Å². The van der Waals surface area contributed by atoms with E-state index in [0.29, 0.717) is 12.0 Å². The van der Waals surface area contributed by atoms with Crippen LogP contribution in [0.4, 0.5) is 4.79 Å². The average molecular weight is 426 g/mol. The summed E-state index contributed by atoms with van der Waals surface area (Å²) in [5, 5.41) is 2.94. The molecule has 2 aliphatic carbocycles. The lowest BCUT2D eigenvalue weighted by Gasteiger charge is -2.36. The second-order valence-electron chi connectivity index (χ2n) is 9.66. The molecule has 0 unspecified atom stereocenters. The van der Waals surface area contributed by atoms with E-state index in [2.05, 4.69) is 16.0 Å². The lowest BCUT2D eigenvalue weighted by molar-refractivity contribution is -0.133. The Morgan fingerprint density at radius 2 is 2.00 bits per heavy atom. The summed E-state index contributed by atoms with van der Waals surface area (Å²) in [6.45, 7) is 6.69. The monoisotopic (exact) mass is 425 g/mol. The van der Waals surface area contributed by atoms with Crippen molar-refractivity contribution < 1.29 is 14.4 Å². The molecule has 2 heterocycles. The minimum Gasteiger partial charge on any atom is -0.348 e. The van der Waals surface area contributed by atoms with Gasteiger partial charge in [-0.3, -0.25) is 14.5 Å². The topological polar surface area (TPSA) is 71.4 Å². The summed E-state index contributed by atoms with van der Waals surface area (Å²) < 4.78 is 2.19. The van der Waals surface area contributed by atoms with Crippen LogP contribution in [0.3, 0.4) is 0 Å². The maximum absolute atomic E-state index is 13.2. The van der Waals surface area contributed by atoms with Gasteiger partial charge in [-0.15, -0.1) is 0 Å². The van der Waals surface area contributed by atoms with E-state index in [4.69, 9.17) is 0 Å². The first-order chi connectivity index (χ1) is 14.8. The van der Waals surface area contributed by atoms with Gasteiger partial charge < -0.3 is 9.88 Å². The average Bonchev–Trinajstić information content (AvgIpc) is 3.17. The predicted octanol–water partition coefficient (Wildman–Crippen LogP) is 4.68. The van der Waals surface area contributed by atoms with Crippen LogP contribution in [-0.2, 0) is 11.3 Å². The van der Waals surface area contributed by atoms with Crippen molar-refractivity contribution in [1.82, 2.24) is 14.8 Å². The molecule has 6 heteroatoms. The molecule has 1 saturated heterocycles. The number of hydrogen-bond donors (Lipinski definition) is 1. The van der Waals surface area contributed by atoms with Gasteiger partial charge in [0.25, 0.3) is 5.91 Å². The van der Waals surface area contributed by atoms with Crippen LogP contribution in [0, 0.1) is 19.8 Å². The van der Waals surface area contributed by atoms with Crippen molar-refractivity contribution in [2.45, 2.75) is 90.6 Å². The summed E-state index contributed by atoms with van der Waals surface area (Å²) in [5.41, 5.74) is 3.28. The Hall–Kier alpha value is -2.37. The van der Waals surface area contributed by atoms with Crippen molar-refractivity contribution in [1.29, 1.82) is 0 Å². The van der Waals surface area contributed by atoms with E-state index < -0.39 is 11.6 Å². The second-order valence-corrected chi connectivity index (χ2v) is 9.66. The first-order valence-corrected chi connectivity index (χ1v) is 11.9. The molecule has 0 aromatic carbocycles. The number of imide groups is 1. The van der Waals surface area contributed by atoms with E-state index >= 15 is 0 Å². The van der Waals surface area contributed by atoms with Crippen LogP contribution in [0.5, 0.6) is 0 Å². The minimum absolute atomic E-state index is 0.0944. The molecule has 1 aromatic rings. The van der Waals surface area contributed by atoms with E-state index in [1.165, 1.54) is 31.3 Å². The summed E-state index contributed by atoms with van der Waals surface area (Å²) in [5.74, 6) is -0.298. The third kappa shape index (κ3) is 3.97. The van der Waals surface area contributed by atoms with E-state index in [9.17, 15) is 14.4 Å². The van der Waals surface area contributed by atoms with Crippen LogP contribution >= 0.6 is 0 Å². The number of aromatic nitrogens is 1. The van der Waals surface area contributed by atoms with Crippen molar-refractivity contribution in [3.8, 4) is 0 Å². The van der Waals surface area contributed by atoms with Gasteiger partial charge in [0.1, 0.15) is 5.54 Å². The fraction of sp³-hybridized carbons (Fsp3) is 0.640. The number of nitrogens with one attached hydrogen (secondary N) is 1. The summed E-state index contributed by atoms with van der Waals surface area (Å²) in [7, 11) is 0. The Balaban J connectivity index is 1.47. The van der Waals surface area contributed by atoms with E-state index in [0.717, 1.165) is 48.5 Å². The first-order valence-electron chi connectivity index (χ1n) is 11.9. The number of amides is 3. The van der Waals surface area contributed by atoms with E-state index in [1.807, 2.05) is 26.8 Å². The van der Waals surface area contributed by atoms with Crippen LogP contribution in [0.2, 0.25) is 0 Å². The van der Waals surface area contributed by atoms with Gasteiger partial charge in [0.15, 0.2) is 5.78 Å². The first kappa shape index (κ1) is 21.8. The zero-order valence-electron chi connectivity index (χ0n) is 19.1. The number of hydrogen-bond acceptors (Lipinski definition) is 3. The van der Waals surface area contributed by atoms with Gasteiger partial charge in [-0.2, -0.15) is 0 Å². The van der Waals surface area contributed by atoms with Gasteiger partial charge in [0.2, 0.25) is 0 Å². The Kier molecular flexibility index (Phi) is 6.09. The molecule has 2 fully saturated rings. The van der Waals surface area contributed by atoms with Crippen molar-refractivity contribution in [3.63, 3.8) is 0 Å². The van der Waals surface area contributed by atoms with Crippen LogP contribution in [0.1, 0.15) is 86.5 Å². The molecule has 1 spiro atoms. The molecule has 1 N–H and O–H groups in total. The normalized spacial score (nSPS) is 26.4. The number of carbonyl (C=O) groups is 3. The van der Waals surface area contributed by atoms with Crippen molar-refractivity contribution in [2.75, 3.05) is 6.54 Å². The second kappa shape index (κ2) is 8.64. The highest BCUT2D eigenvalue weighted by Gasteiger charge is 2.55. The van der Waals surface area contributed by atoms with Crippen molar-refractivity contribution in [2.24, 2.45) is 5.92 Å². The summed E-state index contributed by atoms with van der Waals surface area (Å²) in [6, 6.07) is 1.48. The number of ketones is 1. The lowest BCUT2D eigenvalue weighted by Crippen LogP contribution is -2.54. The van der Waals surface area contributed by atoms with Crippen molar-refractivity contribution in [3.05, 3.63) is 34.7 Å². The largest absolute Gasteiger partial charge is 0.348 e. The Morgan fingerprint density at radius 3 is 2.71 bits per heavy atom.